The minimum absolute atomic E-state index is 0.509. The normalized spacial score (nSPS) is 10.9. The molecule has 8 nitrogen and oxygen atoms in total. The molecular weight excluding hydrogens is 378 g/mol. The van der Waals surface area contributed by atoms with E-state index in [2.05, 4.69) is 35.6 Å². The lowest BCUT2D eigenvalue weighted by Crippen LogP contribution is -2.12. The number of fused-ring (bicyclic) bond motifs is 2. The number of rotatable bonds is 7. The second-order valence-electron chi connectivity index (χ2n) is 6.60. The molecule has 3 heterocycles. The van der Waals surface area contributed by atoms with Crippen LogP contribution in [0.3, 0.4) is 0 Å². The van der Waals surface area contributed by atoms with Crippen molar-refractivity contribution in [3.8, 4) is 5.75 Å². The molecule has 0 spiro atoms. The van der Waals surface area contributed by atoms with Crippen molar-refractivity contribution in [1.29, 1.82) is 0 Å². The third-order valence-corrected chi connectivity index (χ3v) is 4.61. The second kappa shape index (κ2) is 8.04. The van der Waals surface area contributed by atoms with Crippen LogP contribution in [0.1, 0.15) is 0 Å². The maximum atomic E-state index is 5.71. The van der Waals surface area contributed by atoms with Crippen LogP contribution in [0.2, 0.25) is 0 Å². The molecule has 0 aliphatic rings. The molecule has 0 atom stereocenters. The summed E-state index contributed by atoms with van der Waals surface area (Å²) in [6.45, 7) is 1.10. The number of aromatic nitrogens is 5. The number of hydrogen-bond donors (Lipinski definition) is 3. The van der Waals surface area contributed by atoms with Crippen LogP contribution in [0.15, 0.2) is 73.2 Å². The monoisotopic (exact) mass is 397 g/mol. The van der Waals surface area contributed by atoms with Gasteiger partial charge in [-0.15, -0.1) is 0 Å². The summed E-state index contributed by atoms with van der Waals surface area (Å²) in [7, 11) is 0. The van der Waals surface area contributed by atoms with Crippen molar-refractivity contribution in [2.75, 3.05) is 23.8 Å². The van der Waals surface area contributed by atoms with Crippen LogP contribution >= 0.6 is 0 Å². The summed E-state index contributed by atoms with van der Waals surface area (Å²) >= 11 is 0. The Bertz CT molecular complexity index is 1280. The molecule has 0 saturated heterocycles. The predicted octanol–water partition coefficient (Wildman–Crippen LogP) is 4.14. The molecule has 0 radical (unpaired) electrons. The maximum Gasteiger partial charge on any atom is 0.208 e. The van der Waals surface area contributed by atoms with Gasteiger partial charge in [0.15, 0.2) is 11.5 Å². The first kappa shape index (κ1) is 17.9. The smallest absolute Gasteiger partial charge is 0.208 e. The van der Waals surface area contributed by atoms with E-state index in [0.717, 1.165) is 27.9 Å². The van der Waals surface area contributed by atoms with Gasteiger partial charge in [-0.25, -0.2) is 15.0 Å². The fourth-order valence-electron chi connectivity index (χ4n) is 3.21. The van der Waals surface area contributed by atoms with E-state index in [1.54, 1.807) is 6.20 Å². The lowest BCUT2D eigenvalue weighted by Gasteiger charge is -2.08. The first-order chi connectivity index (χ1) is 14.9. The van der Waals surface area contributed by atoms with Gasteiger partial charge in [0.05, 0.1) is 6.54 Å². The number of anilines is 3. The summed E-state index contributed by atoms with van der Waals surface area (Å²) in [6, 6.07) is 19.7. The quantitative estimate of drug-likeness (QED) is 0.355. The first-order valence-corrected chi connectivity index (χ1v) is 9.60. The molecule has 0 bridgehead atoms. The van der Waals surface area contributed by atoms with E-state index in [1.807, 2.05) is 60.7 Å². The van der Waals surface area contributed by atoms with Crippen molar-refractivity contribution in [2.24, 2.45) is 0 Å². The highest BCUT2D eigenvalue weighted by molar-refractivity contribution is 5.93. The molecule has 3 aromatic heterocycles. The third kappa shape index (κ3) is 3.70. The number of ether oxygens (including phenoxy) is 1. The molecule has 148 valence electrons. The zero-order chi connectivity index (χ0) is 20.2. The average Bonchev–Trinajstić information content (AvgIpc) is 3.21. The Morgan fingerprint density at radius 3 is 2.67 bits per heavy atom. The standard InChI is InChI=1S/C22H19N7O/c1-2-7-16(8-3-1)30-13-12-24-20-18-21(26-14-25-20)29-22(27-18)28-19-17-9-5-4-6-15(17)10-11-23-19/h1-11,14H,12-13H2,(H3,23,24,25,26,27,28,29). The molecule has 0 fully saturated rings. The SMILES string of the molecule is c1ccc(OCCNc2ncnc3nc(Nc4nccc5ccccc45)[nH]c23)cc1. The van der Waals surface area contributed by atoms with E-state index in [-0.39, 0.29) is 0 Å². The van der Waals surface area contributed by atoms with Gasteiger partial charge in [-0.05, 0) is 23.6 Å². The van der Waals surface area contributed by atoms with Gasteiger partial charge in [0.2, 0.25) is 5.95 Å². The molecule has 5 aromatic rings. The van der Waals surface area contributed by atoms with Gasteiger partial charge in [-0.1, -0.05) is 42.5 Å². The Labute approximate surface area is 172 Å². The number of imidazole rings is 1. The zero-order valence-corrected chi connectivity index (χ0v) is 16.0. The van der Waals surface area contributed by atoms with Crippen LogP contribution < -0.4 is 15.4 Å². The van der Waals surface area contributed by atoms with Crippen LogP contribution in [0.25, 0.3) is 21.9 Å². The van der Waals surface area contributed by atoms with Gasteiger partial charge in [0, 0.05) is 11.6 Å². The number of aromatic amines is 1. The predicted molar refractivity (Wildman–Crippen MR) is 117 cm³/mol. The Balaban J connectivity index is 1.32. The van der Waals surface area contributed by atoms with E-state index >= 15 is 0 Å². The molecular formula is C22H19N7O. The Hall–Kier alpha value is -4.20. The van der Waals surface area contributed by atoms with Gasteiger partial charge in [-0.3, -0.25) is 0 Å². The number of nitrogens with one attached hydrogen (secondary N) is 3. The van der Waals surface area contributed by atoms with Crippen molar-refractivity contribution >= 4 is 39.5 Å². The van der Waals surface area contributed by atoms with E-state index in [4.69, 9.17) is 4.74 Å². The molecule has 0 aliphatic heterocycles. The van der Waals surface area contributed by atoms with E-state index in [1.165, 1.54) is 6.33 Å². The van der Waals surface area contributed by atoms with Crippen LogP contribution in [0.4, 0.5) is 17.6 Å². The fraction of sp³-hybridized carbons (Fsp3) is 0.0909. The topological polar surface area (TPSA) is 101 Å². The molecule has 0 amide bonds. The molecule has 0 saturated carbocycles. The van der Waals surface area contributed by atoms with Gasteiger partial charge in [0.1, 0.15) is 30.0 Å². The largest absolute Gasteiger partial charge is 0.492 e. The second-order valence-corrected chi connectivity index (χ2v) is 6.60. The fourth-order valence-corrected chi connectivity index (χ4v) is 3.21. The molecule has 0 aliphatic carbocycles. The highest BCUT2D eigenvalue weighted by Gasteiger charge is 2.11. The third-order valence-electron chi connectivity index (χ3n) is 4.61. The number of H-pyrrole nitrogens is 1. The number of para-hydroxylation sites is 1. The summed E-state index contributed by atoms with van der Waals surface area (Å²) in [5.41, 5.74) is 1.29. The van der Waals surface area contributed by atoms with Crippen LogP contribution in [0, 0.1) is 0 Å². The van der Waals surface area contributed by atoms with Crippen molar-refractivity contribution in [2.45, 2.75) is 0 Å². The first-order valence-electron chi connectivity index (χ1n) is 9.60. The van der Waals surface area contributed by atoms with Crippen molar-refractivity contribution < 1.29 is 4.74 Å². The van der Waals surface area contributed by atoms with Crippen LogP contribution in [-0.2, 0) is 0 Å². The van der Waals surface area contributed by atoms with Crippen molar-refractivity contribution in [1.82, 2.24) is 24.9 Å². The summed E-state index contributed by atoms with van der Waals surface area (Å²) in [4.78, 5) is 20.8. The van der Waals surface area contributed by atoms with E-state index in [9.17, 15) is 0 Å². The summed E-state index contributed by atoms with van der Waals surface area (Å²) < 4.78 is 5.71. The highest BCUT2D eigenvalue weighted by atomic mass is 16.5. The summed E-state index contributed by atoms with van der Waals surface area (Å²) in [5.74, 6) is 2.79. The lowest BCUT2D eigenvalue weighted by molar-refractivity contribution is 0.333. The minimum Gasteiger partial charge on any atom is -0.492 e. The van der Waals surface area contributed by atoms with Gasteiger partial charge in [0.25, 0.3) is 0 Å². The lowest BCUT2D eigenvalue weighted by atomic mass is 10.1. The zero-order valence-electron chi connectivity index (χ0n) is 16.0. The van der Waals surface area contributed by atoms with Crippen molar-refractivity contribution in [3.05, 3.63) is 73.2 Å². The van der Waals surface area contributed by atoms with E-state index < -0.39 is 0 Å². The Kier molecular flexibility index (Phi) is 4.79. The summed E-state index contributed by atoms with van der Waals surface area (Å²) in [5, 5.41) is 8.65. The highest BCUT2D eigenvalue weighted by Crippen LogP contribution is 2.25. The summed E-state index contributed by atoms with van der Waals surface area (Å²) in [6.07, 6.45) is 3.26. The van der Waals surface area contributed by atoms with Gasteiger partial charge >= 0.3 is 0 Å². The van der Waals surface area contributed by atoms with Crippen molar-refractivity contribution in [3.63, 3.8) is 0 Å². The van der Waals surface area contributed by atoms with E-state index in [0.29, 0.717) is 30.6 Å². The molecule has 3 N–H and O–H groups in total. The number of hydrogen-bond acceptors (Lipinski definition) is 7. The molecule has 5 rings (SSSR count). The Morgan fingerprint density at radius 2 is 1.73 bits per heavy atom. The molecule has 0 unspecified atom stereocenters. The maximum absolute atomic E-state index is 5.71. The van der Waals surface area contributed by atoms with Gasteiger partial charge in [-0.2, -0.15) is 4.98 Å². The molecule has 30 heavy (non-hydrogen) atoms. The molecule has 8 heteroatoms. The van der Waals surface area contributed by atoms with Crippen LogP contribution in [0.5, 0.6) is 5.75 Å². The van der Waals surface area contributed by atoms with Gasteiger partial charge < -0.3 is 20.4 Å². The number of benzene rings is 2. The Morgan fingerprint density at radius 1 is 0.867 bits per heavy atom. The van der Waals surface area contributed by atoms with Crippen LogP contribution in [-0.4, -0.2) is 38.1 Å². The minimum atomic E-state index is 0.509. The molecule has 2 aromatic carbocycles. The average molecular weight is 397 g/mol. The number of nitrogens with zero attached hydrogens (tertiary/aromatic N) is 4. The number of pyridine rings is 1.